The lowest BCUT2D eigenvalue weighted by Gasteiger charge is -2.17. The average Bonchev–Trinajstić information content (AvgIpc) is 2.47. The van der Waals surface area contributed by atoms with Crippen molar-refractivity contribution in [3.05, 3.63) is 48.3 Å². The largest absolute Gasteiger partial charge is 0.507 e. The number of benzene rings is 1. The first kappa shape index (κ1) is 14.3. The van der Waals surface area contributed by atoms with Gasteiger partial charge in [0.1, 0.15) is 11.3 Å². The molecule has 0 bridgehead atoms. The molecule has 0 saturated heterocycles. The molecule has 1 heterocycles. The van der Waals surface area contributed by atoms with Gasteiger partial charge in [0.25, 0.3) is 0 Å². The summed E-state index contributed by atoms with van der Waals surface area (Å²) in [7, 11) is 1.57. The zero-order valence-corrected chi connectivity index (χ0v) is 11.1. The lowest BCUT2D eigenvalue weighted by Crippen LogP contribution is -2.31. The molecule has 0 spiro atoms. The third-order valence-electron chi connectivity index (χ3n) is 2.82. The van der Waals surface area contributed by atoms with Gasteiger partial charge in [0, 0.05) is 25.0 Å². The first-order valence-corrected chi connectivity index (χ1v) is 6.00. The number of nitrogens with one attached hydrogen (secondary N) is 1. The SMILES string of the molecule is CN(C(=O)Nc1ccc(C(=O)O)c(O)c1)c1cccnc1. The standard InChI is InChI=1S/C14H13N3O4/c1-17(10-3-2-6-15-8-10)14(21)16-9-4-5-11(13(19)20)12(18)7-9/h2-8,18H,1H3,(H,16,21)(H,19,20). The number of anilines is 2. The lowest BCUT2D eigenvalue weighted by molar-refractivity contribution is 0.0694. The summed E-state index contributed by atoms with van der Waals surface area (Å²) >= 11 is 0. The number of pyridine rings is 1. The fourth-order valence-electron chi connectivity index (χ4n) is 1.67. The molecular weight excluding hydrogens is 274 g/mol. The molecule has 21 heavy (non-hydrogen) atoms. The predicted octanol–water partition coefficient (Wildman–Crippen LogP) is 2.15. The van der Waals surface area contributed by atoms with Crippen molar-refractivity contribution in [1.82, 2.24) is 4.98 Å². The lowest BCUT2D eigenvalue weighted by atomic mass is 10.2. The van der Waals surface area contributed by atoms with Gasteiger partial charge < -0.3 is 15.5 Å². The Bertz CT molecular complexity index is 673. The second-order valence-corrected chi connectivity index (χ2v) is 4.24. The molecule has 1 aromatic heterocycles. The van der Waals surface area contributed by atoms with Gasteiger partial charge in [-0.25, -0.2) is 9.59 Å². The Morgan fingerprint density at radius 3 is 2.62 bits per heavy atom. The summed E-state index contributed by atoms with van der Waals surface area (Å²) in [6.07, 6.45) is 3.13. The third-order valence-corrected chi connectivity index (χ3v) is 2.82. The number of urea groups is 1. The number of carboxylic acids is 1. The highest BCUT2D eigenvalue weighted by atomic mass is 16.4. The van der Waals surface area contributed by atoms with E-state index in [1.54, 1.807) is 25.4 Å². The molecule has 2 amide bonds. The second-order valence-electron chi connectivity index (χ2n) is 4.24. The van der Waals surface area contributed by atoms with E-state index in [1.807, 2.05) is 0 Å². The monoisotopic (exact) mass is 287 g/mol. The smallest absolute Gasteiger partial charge is 0.339 e. The zero-order valence-electron chi connectivity index (χ0n) is 11.1. The van der Waals surface area contributed by atoms with Crippen molar-refractivity contribution in [3.63, 3.8) is 0 Å². The molecule has 3 N–H and O–H groups in total. The summed E-state index contributed by atoms with van der Waals surface area (Å²) in [4.78, 5) is 28.1. The molecule has 2 rings (SSSR count). The number of aromatic nitrogens is 1. The van der Waals surface area contributed by atoms with Crippen LogP contribution in [0.5, 0.6) is 5.75 Å². The van der Waals surface area contributed by atoms with Gasteiger partial charge in [0.2, 0.25) is 0 Å². The second kappa shape index (κ2) is 5.91. The van der Waals surface area contributed by atoms with Gasteiger partial charge in [0.15, 0.2) is 0 Å². The minimum absolute atomic E-state index is 0.228. The molecule has 7 nitrogen and oxygen atoms in total. The van der Waals surface area contributed by atoms with Crippen LogP contribution < -0.4 is 10.2 Å². The van der Waals surface area contributed by atoms with Crippen LogP contribution in [0.1, 0.15) is 10.4 Å². The van der Waals surface area contributed by atoms with Crippen LogP contribution in [-0.4, -0.2) is 34.2 Å². The van der Waals surface area contributed by atoms with Crippen molar-refractivity contribution in [2.45, 2.75) is 0 Å². The molecule has 0 unspecified atom stereocenters. The number of aromatic carboxylic acids is 1. The fourth-order valence-corrected chi connectivity index (χ4v) is 1.67. The van der Waals surface area contributed by atoms with E-state index >= 15 is 0 Å². The highest BCUT2D eigenvalue weighted by molar-refractivity contribution is 6.01. The maximum absolute atomic E-state index is 12.0. The molecule has 0 saturated carbocycles. The molecule has 0 fully saturated rings. The number of rotatable bonds is 3. The summed E-state index contributed by atoms with van der Waals surface area (Å²) in [5.41, 5.74) is 0.660. The summed E-state index contributed by atoms with van der Waals surface area (Å²) in [6, 6.07) is 6.78. The fraction of sp³-hybridized carbons (Fsp3) is 0.0714. The van der Waals surface area contributed by atoms with Crippen LogP contribution in [0.25, 0.3) is 0 Å². The highest BCUT2D eigenvalue weighted by Gasteiger charge is 2.14. The van der Waals surface area contributed by atoms with Gasteiger partial charge in [-0.05, 0) is 24.3 Å². The van der Waals surface area contributed by atoms with Gasteiger partial charge >= 0.3 is 12.0 Å². The first-order chi connectivity index (χ1) is 9.99. The van der Waals surface area contributed by atoms with E-state index in [4.69, 9.17) is 5.11 Å². The summed E-state index contributed by atoms with van der Waals surface area (Å²) in [5, 5.41) is 20.9. The number of amides is 2. The van der Waals surface area contributed by atoms with E-state index in [0.29, 0.717) is 11.4 Å². The molecule has 2 aromatic rings. The number of carboxylic acid groups (broad SMARTS) is 1. The van der Waals surface area contributed by atoms with E-state index in [9.17, 15) is 14.7 Å². The number of phenols is 1. The Balaban J connectivity index is 2.13. The minimum Gasteiger partial charge on any atom is -0.507 e. The molecule has 0 aliphatic rings. The van der Waals surface area contributed by atoms with Crippen molar-refractivity contribution in [1.29, 1.82) is 0 Å². The van der Waals surface area contributed by atoms with Gasteiger partial charge in [-0.15, -0.1) is 0 Å². The van der Waals surface area contributed by atoms with Crippen LogP contribution in [0.15, 0.2) is 42.7 Å². The molecule has 0 radical (unpaired) electrons. The number of carbonyl (C=O) groups excluding carboxylic acids is 1. The summed E-state index contributed by atoms with van der Waals surface area (Å²) in [6.45, 7) is 0. The molecule has 7 heteroatoms. The normalized spacial score (nSPS) is 9.95. The Morgan fingerprint density at radius 2 is 2.05 bits per heavy atom. The van der Waals surface area contributed by atoms with Crippen molar-refractivity contribution in [3.8, 4) is 5.75 Å². The van der Waals surface area contributed by atoms with Gasteiger partial charge in [0.05, 0.1) is 11.9 Å². The highest BCUT2D eigenvalue weighted by Crippen LogP contribution is 2.22. The van der Waals surface area contributed by atoms with Gasteiger partial charge in [-0.1, -0.05) is 0 Å². The quantitative estimate of drug-likeness (QED) is 0.802. The molecular formula is C14H13N3O4. The Labute approximate surface area is 120 Å². The van der Waals surface area contributed by atoms with Crippen molar-refractivity contribution < 1.29 is 19.8 Å². The minimum atomic E-state index is -1.24. The van der Waals surface area contributed by atoms with Crippen molar-refractivity contribution in [2.24, 2.45) is 0 Å². The molecule has 0 aliphatic heterocycles. The van der Waals surface area contributed by atoms with E-state index in [2.05, 4.69) is 10.3 Å². The number of hydrogen-bond acceptors (Lipinski definition) is 4. The van der Waals surface area contributed by atoms with Gasteiger partial charge in [-0.3, -0.25) is 9.88 Å². The predicted molar refractivity (Wildman–Crippen MR) is 76.7 cm³/mol. The van der Waals surface area contributed by atoms with Crippen molar-refractivity contribution >= 4 is 23.4 Å². The van der Waals surface area contributed by atoms with E-state index in [1.165, 1.54) is 29.3 Å². The number of aromatic hydroxyl groups is 1. The number of nitrogens with zero attached hydrogens (tertiary/aromatic N) is 2. The summed E-state index contributed by atoms with van der Waals surface area (Å²) in [5.74, 6) is -1.65. The molecule has 1 aromatic carbocycles. The van der Waals surface area contributed by atoms with E-state index < -0.39 is 17.7 Å². The van der Waals surface area contributed by atoms with Crippen LogP contribution >= 0.6 is 0 Å². The van der Waals surface area contributed by atoms with Crippen LogP contribution in [0.4, 0.5) is 16.2 Å². The van der Waals surface area contributed by atoms with Crippen molar-refractivity contribution in [2.75, 3.05) is 17.3 Å². The average molecular weight is 287 g/mol. The molecule has 0 aliphatic carbocycles. The first-order valence-electron chi connectivity index (χ1n) is 6.00. The Morgan fingerprint density at radius 1 is 1.29 bits per heavy atom. The maximum atomic E-state index is 12.0. The van der Waals surface area contributed by atoms with Crippen LogP contribution in [-0.2, 0) is 0 Å². The van der Waals surface area contributed by atoms with Gasteiger partial charge in [-0.2, -0.15) is 0 Å². The zero-order chi connectivity index (χ0) is 15.4. The number of hydrogen-bond donors (Lipinski definition) is 3. The van der Waals surface area contributed by atoms with Crippen LogP contribution in [0.2, 0.25) is 0 Å². The summed E-state index contributed by atoms with van der Waals surface area (Å²) < 4.78 is 0. The molecule has 0 atom stereocenters. The van der Waals surface area contributed by atoms with E-state index in [-0.39, 0.29) is 5.56 Å². The van der Waals surface area contributed by atoms with E-state index in [0.717, 1.165) is 0 Å². The molecule has 108 valence electrons. The number of carbonyl (C=O) groups is 2. The van der Waals surface area contributed by atoms with Crippen LogP contribution in [0.3, 0.4) is 0 Å². The third kappa shape index (κ3) is 3.27. The van der Waals surface area contributed by atoms with Crippen LogP contribution in [0, 0.1) is 0 Å². The maximum Gasteiger partial charge on any atom is 0.339 e. The topological polar surface area (TPSA) is 103 Å². The Hall–Kier alpha value is -3.09. The Kier molecular flexibility index (Phi) is 4.03.